The van der Waals surface area contributed by atoms with E-state index in [9.17, 15) is 10.2 Å². The van der Waals surface area contributed by atoms with Gasteiger partial charge in [0.25, 0.3) is 0 Å². The summed E-state index contributed by atoms with van der Waals surface area (Å²) in [5.74, 6) is 1.08. The first-order valence-corrected chi connectivity index (χ1v) is 6.21. The Hall–Kier alpha value is -1.90. The number of ether oxygens (including phenoxy) is 1. The van der Waals surface area contributed by atoms with Crippen molar-refractivity contribution < 1.29 is 14.9 Å². The van der Waals surface area contributed by atoms with E-state index in [1.807, 2.05) is 12.1 Å². The third-order valence-electron chi connectivity index (χ3n) is 3.61. The van der Waals surface area contributed by atoms with Crippen molar-refractivity contribution in [2.24, 2.45) is 5.92 Å². The number of fused-ring (bicyclic) bond motifs is 2. The largest absolute Gasteiger partial charge is 0.512 e. The first kappa shape index (κ1) is 11.2. The van der Waals surface area contributed by atoms with E-state index in [-0.39, 0.29) is 23.5 Å². The summed E-state index contributed by atoms with van der Waals surface area (Å²) in [7, 11) is 0. The Morgan fingerprint density at radius 1 is 1.28 bits per heavy atom. The summed E-state index contributed by atoms with van der Waals surface area (Å²) in [4.78, 5) is 0. The van der Waals surface area contributed by atoms with Gasteiger partial charge in [0.2, 0.25) is 0 Å². The fourth-order valence-electron chi connectivity index (χ4n) is 2.66. The molecule has 3 heteroatoms. The Labute approximate surface area is 106 Å². The molecule has 0 saturated carbocycles. The van der Waals surface area contributed by atoms with Crippen molar-refractivity contribution in [1.29, 1.82) is 0 Å². The predicted octanol–water partition coefficient (Wildman–Crippen LogP) is 3.20. The minimum absolute atomic E-state index is 0.0615. The fourth-order valence-corrected chi connectivity index (χ4v) is 2.66. The summed E-state index contributed by atoms with van der Waals surface area (Å²) in [5.41, 5.74) is 2.38. The first-order valence-electron chi connectivity index (χ1n) is 6.21. The molecule has 2 atom stereocenters. The minimum atomic E-state index is -0.279. The number of aryl methyl sites for hydroxylation is 2. The number of benzene rings is 1. The average Bonchev–Trinajstić information content (AvgIpc) is 2.47. The van der Waals surface area contributed by atoms with Crippen LogP contribution in [-0.4, -0.2) is 16.3 Å². The van der Waals surface area contributed by atoms with Gasteiger partial charge in [-0.2, -0.15) is 0 Å². The molecule has 2 unspecified atom stereocenters. The van der Waals surface area contributed by atoms with E-state index in [0.717, 1.165) is 18.6 Å². The van der Waals surface area contributed by atoms with Crippen LogP contribution in [0.5, 0.6) is 5.75 Å². The number of aliphatic hydroxyl groups is 2. The normalized spacial score (nSPS) is 26.1. The summed E-state index contributed by atoms with van der Waals surface area (Å²) in [6.07, 6.45) is 4.50. The Morgan fingerprint density at radius 3 is 2.94 bits per heavy atom. The van der Waals surface area contributed by atoms with Crippen molar-refractivity contribution >= 4 is 0 Å². The zero-order valence-electron chi connectivity index (χ0n) is 10.3. The van der Waals surface area contributed by atoms with Crippen LogP contribution < -0.4 is 4.74 Å². The zero-order valence-corrected chi connectivity index (χ0v) is 10.3. The molecule has 0 radical (unpaired) electrons. The van der Waals surface area contributed by atoms with Crippen molar-refractivity contribution in [2.45, 2.75) is 25.9 Å². The third kappa shape index (κ3) is 1.86. The maximum atomic E-state index is 9.91. The minimum Gasteiger partial charge on any atom is -0.512 e. The number of allylic oxidation sites excluding steroid dienone is 1. The summed E-state index contributed by atoms with van der Waals surface area (Å²) in [5, 5.41) is 19.5. The molecule has 18 heavy (non-hydrogen) atoms. The zero-order chi connectivity index (χ0) is 12.7. The molecule has 0 saturated heterocycles. The number of rotatable bonds is 0. The molecule has 94 valence electrons. The topological polar surface area (TPSA) is 49.7 Å². The molecular formula is C15H16O3. The van der Waals surface area contributed by atoms with Gasteiger partial charge in [-0.1, -0.05) is 17.7 Å². The van der Waals surface area contributed by atoms with Crippen LogP contribution >= 0.6 is 0 Å². The molecule has 1 aromatic carbocycles. The molecular weight excluding hydrogens is 228 g/mol. The number of hydrogen-bond donors (Lipinski definition) is 2. The third-order valence-corrected chi connectivity index (χ3v) is 3.61. The lowest BCUT2D eigenvalue weighted by Crippen LogP contribution is -2.28. The highest BCUT2D eigenvalue weighted by Gasteiger charge is 2.32. The molecule has 3 rings (SSSR count). The second kappa shape index (κ2) is 4.09. The summed E-state index contributed by atoms with van der Waals surface area (Å²) >= 11 is 0. The molecule has 0 amide bonds. The van der Waals surface area contributed by atoms with Crippen molar-refractivity contribution in [3.8, 4) is 5.75 Å². The van der Waals surface area contributed by atoms with Gasteiger partial charge in [0, 0.05) is 6.08 Å². The highest BCUT2D eigenvalue weighted by atomic mass is 16.5. The maximum Gasteiger partial charge on any atom is 0.131 e. The summed E-state index contributed by atoms with van der Waals surface area (Å²) in [6, 6.07) is 6.10. The lowest BCUT2D eigenvalue weighted by Gasteiger charge is -2.25. The monoisotopic (exact) mass is 244 g/mol. The van der Waals surface area contributed by atoms with Gasteiger partial charge in [-0.25, -0.2) is 0 Å². The van der Waals surface area contributed by atoms with Crippen LogP contribution in [0.3, 0.4) is 0 Å². The van der Waals surface area contributed by atoms with E-state index >= 15 is 0 Å². The number of aliphatic hydroxyl groups excluding tert-OH is 2. The second-order valence-corrected chi connectivity index (χ2v) is 5.00. The van der Waals surface area contributed by atoms with E-state index in [0.29, 0.717) is 0 Å². The van der Waals surface area contributed by atoms with Crippen molar-refractivity contribution in [2.75, 3.05) is 0 Å². The van der Waals surface area contributed by atoms with Crippen molar-refractivity contribution in [1.82, 2.24) is 0 Å². The standard InChI is InChI=1S/C15H16O3/c1-9-2-5-14-10(6-9)3-4-12-13(17)7-11(16)8-15(12)18-14/h2,5-8,12,15-17H,3-4H2,1H3. The Kier molecular flexibility index (Phi) is 2.54. The summed E-state index contributed by atoms with van der Waals surface area (Å²) in [6.45, 7) is 2.06. The Morgan fingerprint density at radius 2 is 2.11 bits per heavy atom. The SMILES string of the molecule is Cc1ccc2c(c1)CCC1C(O)=CC(O)=CC1O2. The van der Waals surface area contributed by atoms with Gasteiger partial charge >= 0.3 is 0 Å². The number of hydrogen-bond acceptors (Lipinski definition) is 3. The molecule has 3 nitrogen and oxygen atoms in total. The van der Waals surface area contributed by atoms with E-state index < -0.39 is 0 Å². The highest BCUT2D eigenvalue weighted by molar-refractivity contribution is 5.39. The van der Waals surface area contributed by atoms with Gasteiger partial charge in [0.1, 0.15) is 23.4 Å². The van der Waals surface area contributed by atoms with Crippen LogP contribution in [0.1, 0.15) is 17.5 Å². The van der Waals surface area contributed by atoms with E-state index in [1.54, 1.807) is 6.08 Å². The molecule has 0 bridgehead atoms. The molecule has 1 aliphatic heterocycles. The smallest absolute Gasteiger partial charge is 0.131 e. The highest BCUT2D eigenvalue weighted by Crippen LogP contribution is 2.35. The van der Waals surface area contributed by atoms with Crippen LogP contribution in [0.25, 0.3) is 0 Å². The van der Waals surface area contributed by atoms with Crippen LogP contribution in [0, 0.1) is 12.8 Å². The molecule has 0 aromatic heterocycles. The van der Waals surface area contributed by atoms with Gasteiger partial charge < -0.3 is 14.9 Å². The van der Waals surface area contributed by atoms with Crippen LogP contribution in [-0.2, 0) is 6.42 Å². The Bertz CT molecular complexity index is 543. The fraction of sp³-hybridized carbons (Fsp3) is 0.333. The molecule has 1 heterocycles. The molecule has 1 aliphatic carbocycles. The summed E-state index contributed by atoms with van der Waals surface area (Å²) < 4.78 is 5.92. The Balaban J connectivity index is 1.98. The van der Waals surface area contributed by atoms with Crippen LogP contribution in [0.2, 0.25) is 0 Å². The van der Waals surface area contributed by atoms with Gasteiger partial charge in [-0.05, 0) is 37.5 Å². The average molecular weight is 244 g/mol. The molecule has 2 N–H and O–H groups in total. The van der Waals surface area contributed by atoms with Gasteiger partial charge in [-0.3, -0.25) is 0 Å². The van der Waals surface area contributed by atoms with E-state index in [4.69, 9.17) is 4.74 Å². The van der Waals surface area contributed by atoms with Crippen molar-refractivity contribution in [3.63, 3.8) is 0 Å². The van der Waals surface area contributed by atoms with E-state index in [2.05, 4.69) is 13.0 Å². The molecule has 1 aromatic rings. The van der Waals surface area contributed by atoms with Gasteiger partial charge in [0.15, 0.2) is 0 Å². The maximum absolute atomic E-state index is 9.91. The van der Waals surface area contributed by atoms with E-state index in [1.165, 1.54) is 17.2 Å². The van der Waals surface area contributed by atoms with Gasteiger partial charge in [-0.15, -0.1) is 0 Å². The predicted molar refractivity (Wildman–Crippen MR) is 68.8 cm³/mol. The molecule has 0 spiro atoms. The van der Waals surface area contributed by atoms with Gasteiger partial charge in [0.05, 0.1) is 5.92 Å². The van der Waals surface area contributed by atoms with Crippen molar-refractivity contribution in [3.05, 3.63) is 53.0 Å². The lowest BCUT2D eigenvalue weighted by molar-refractivity contribution is 0.155. The van der Waals surface area contributed by atoms with Crippen LogP contribution in [0.4, 0.5) is 0 Å². The second-order valence-electron chi connectivity index (χ2n) is 5.00. The quantitative estimate of drug-likeness (QED) is 0.736. The lowest BCUT2D eigenvalue weighted by atomic mass is 9.90. The molecule has 0 fully saturated rings. The van der Waals surface area contributed by atoms with Crippen LogP contribution in [0.15, 0.2) is 41.9 Å². The first-order chi connectivity index (χ1) is 8.63. The molecule has 2 aliphatic rings.